The molecule has 0 bridgehead atoms. The standard InChI is InChI=1S/C8H17N2O5P/c11-16(14-9-1-5-12-6-2-9)15-10-3-7-13-8-4-10/h16H,1-8H2. The Bertz CT molecular complexity index is 208. The minimum Gasteiger partial charge on any atom is -0.379 e. The minimum atomic E-state index is -2.50. The van der Waals surface area contributed by atoms with Crippen molar-refractivity contribution < 1.29 is 23.3 Å². The Morgan fingerprint density at radius 2 is 1.19 bits per heavy atom. The van der Waals surface area contributed by atoms with E-state index >= 15 is 0 Å². The van der Waals surface area contributed by atoms with E-state index in [1.165, 1.54) is 0 Å². The van der Waals surface area contributed by atoms with Crippen LogP contribution in [0.15, 0.2) is 0 Å². The van der Waals surface area contributed by atoms with Crippen LogP contribution in [0.25, 0.3) is 0 Å². The molecule has 2 rings (SSSR count). The average molecular weight is 252 g/mol. The van der Waals surface area contributed by atoms with Crippen LogP contribution in [0.3, 0.4) is 0 Å². The maximum absolute atomic E-state index is 11.6. The first-order chi connectivity index (χ1) is 7.84. The third kappa shape index (κ3) is 4.10. The van der Waals surface area contributed by atoms with Crippen molar-refractivity contribution in [3.63, 3.8) is 0 Å². The molecule has 7 nitrogen and oxygen atoms in total. The molecule has 16 heavy (non-hydrogen) atoms. The van der Waals surface area contributed by atoms with Gasteiger partial charge in [-0.2, -0.15) is 10.1 Å². The molecule has 0 aromatic rings. The van der Waals surface area contributed by atoms with Crippen LogP contribution >= 0.6 is 8.25 Å². The number of rotatable bonds is 4. The quantitative estimate of drug-likeness (QED) is 0.648. The summed E-state index contributed by atoms with van der Waals surface area (Å²) in [4.78, 5) is 0. The number of nitrogens with zero attached hydrogens (tertiary/aromatic N) is 2. The summed E-state index contributed by atoms with van der Waals surface area (Å²) >= 11 is 0. The highest BCUT2D eigenvalue weighted by Gasteiger charge is 2.18. The smallest absolute Gasteiger partial charge is 0.352 e. The van der Waals surface area contributed by atoms with Crippen molar-refractivity contribution in [1.29, 1.82) is 0 Å². The third-order valence-corrected chi connectivity index (χ3v) is 3.16. The summed E-state index contributed by atoms with van der Waals surface area (Å²) < 4.78 is 32.2. The van der Waals surface area contributed by atoms with Gasteiger partial charge in [0.05, 0.1) is 26.4 Å². The minimum absolute atomic E-state index is 0.604. The first-order valence-electron chi connectivity index (χ1n) is 5.40. The monoisotopic (exact) mass is 252 g/mol. The fraction of sp³-hybridized carbons (Fsp3) is 1.00. The summed E-state index contributed by atoms with van der Waals surface area (Å²) in [7, 11) is -2.50. The summed E-state index contributed by atoms with van der Waals surface area (Å²) in [6, 6.07) is 0. The molecule has 8 heteroatoms. The van der Waals surface area contributed by atoms with Gasteiger partial charge in [-0.3, -0.25) is 4.57 Å². The molecule has 2 heterocycles. The molecule has 0 spiro atoms. The number of hydroxylamine groups is 4. The largest absolute Gasteiger partial charge is 0.379 e. The molecular formula is C8H17N2O5P. The molecule has 2 saturated heterocycles. The highest BCUT2D eigenvalue weighted by atomic mass is 31.1. The van der Waals surface area contributed by atoms with Crippen LogP contribution in [0.5, 0.6) is 0 Å². The number of hydrogen-bond acceptors (Lipinski definition) is 7. The summed E-state index contributed by atoms with van der Waals surface area (Å²) in [5.41, 5.74) is 0. The molecule has 0 aliphatic carbocycles. The fourth-order valence-corrected chi connectivity index (χ4v) is 2.32. The Labute approximate surface area is 95.0 Å². The molecule has 2 aliphatic heterocycles. The van der Waals surface area contributed by atoms with Crippen LogP contribution in [-0.4, -0.2) is 62.7 Å². The van der Waals surface area contributed by atoms with Crippen LogP contribution in [-0.2, 0) is 23.3 Å². The Kier molecular flexibility index (Phi) is 5.18. The molecular weight excluding hydrogens is 235 g/mol. The van der Waals surface area contributed by atoms with E-state index in [2.05, 4.69) is 0 Å². The van der Waals surface area contributed by atoms with E-state index in [4.69, 9.17) is 18.7 Å². The van der Waals surface area contributed by atoms with Gasteiger partial charge < -0.3 is 9.47 Å². The highest BCUT2D eigenvalue weighted by molar-refractivity contribution is 7.33. The zero-order valence-corrected chi connectivity index (χ0v) is 10.1. The van der Waals surface area contributed by atoms with Crippen molar-refractivity contribution in [2.45, 2.75) is 0 Å². The van der Waals surface area contributed by atoms with E-state index in [0.717, 1.165) is 0 Å². The van der Waals surface area contributed by atoms with Gasteiger partial charge in [-0.25, -0.2) is 9.25 Å². The van der Waals surface area contributed by atoms with E-state index in [1.807, 2.05) is 0 Å². The molecule has 0 radical (unpaired) electrons. The summed E-state index contributed by atoms with van der Waals surface area (Å²) in [5.74, 6) is 0. The second kappa shape index (κ2) is 6.66. The Balaban J connectivity index is 1.66. The van der Waals surface area contributed by atoms with Gasteiger partial charge in [0.25, 0.3) is 0 Å². The number of ether oxygens (including phenoxy) is 2. The predicted molar refractivity (Wildman–Crippen MR) is 56.0 cm³/mol. The van der Waals surface area contributed by atoms with Crippen molar-refractivity contribution in [2.24, 2.45) is 0 Å². The van der Waals surface area contributed by atoms with Crippen LogP contribution in [0.4, 0.5) is 0 Å². The van der Waals surface area contributed by atoms with Gasteiger partial charge in [0.15, 0.2) is 0 Å². The van der Waals surface area contributed by atoms with E-state index in [-0.39, 0.29) is 0 Å². The van der Waals surface area contributed by atoms with Crippen molar-refractivity contribution in [1.82, 2.24) is 10.1 Å². The van der Waals surface area contributed by atoms with E-state index in [9.17, 15) is 4.57 Å². The topological polar surface area (TPSA) is 60.5 Å². The second-order valence-electron chi connectivity index (χ2n) is 3.52. The van der Waals surface area contributed by atoms with Gasteiger partial charge in [0, 0.05) is 26.2 Å². The SMILES string of the molecule is O=[PH](ON1CCOCC1)ON1CCOCC1. The average Bonchev–Trinajstić information content (AvgIpc) is 2.31. The van der Waals surface area contributed by atoms with Gasteiger partial charge in [-0.05, 0) is 0 Å². The van der Waals surface area contributed by atoms with Crippen LogP contribution in [0, 0.1) is 0 Å². The summed E-state index contributed by atoms with van der Waals surface area (Å²) in [5, 5.41) is 3.26. The molecule has 0 amide bonds. The van der Waals surface area contributed by atoms with Crippen molar-refractivity contribution in [3.05, 3.63) is 0 Å². The van der Waals surface area contributed by atoms with Crippen molar-refractivity contribution in [2.75, 3.05) is 52.6 Å². The first-order valence-corrected chi connectivity index (χ1v) is 6.62. The lowest BCUT2D eigenvalue weighted by Crippen LogP contribution is -2.37. The van der Waals surface area contributed by atoms with Crippen LogP contribution < -0.4 is 0 Å². The molecule has 94 valence electrons. The zero-order chi connectivity index (χ0) is 11.2. The van der Waals surface area contributed by atoms with Crippen LogP contribution in [0.1, 0.15) is 0 Å². The predicted octanol–water partition coefficient (Wildman–Crippen LogP) is -0.0963. The van der Waals surface area contributed by atoms with Gasteiger partial charge in [-0.1, -0.05) is 0 Å². The Morgan fingerprint density at radius 3 is 1.56 bits per heavy atom. The van der Waals surface area contributed by atoms with Gasteiger partial charge in [-0.15, -0.1) is 0 Å². The van der Waals surface area contributed by atoms with E-state index < -0.39 is 8.25 Å². The molecule has 2 fully saturated rings. The Hall–Kier alpha value is -0.0100. The van der Waals surface area contributed by atoms with E-state index in [0.29, 0.717) is 52.6 Å². The number of morpholine rings is 2. The van der Waals surface area contributed by atoms with Gasteiger partial charge in [0.1, 0.15) is 0 Å². The lowest BCUT2D eigenvalue weighted by Gasteiger charge is -2.28. The molecule has 0 aromatic carbocycles. The Morgan fingerprint density at radius 1 is 0.812 bits per heavy atom. The second-order valence-corrected chi connectivity index (χ2v) is 4.38. The molecule has 0 N–H and O–H groups in total. The third-order valence-electron chi connectivity index (χ3n) is 2.35. The van der Waals surface area contributed by atoms with Gasteiger partial charge in [0.2, 0.25) is 0 Å². The summed E-state index contributed by atoms with van der Waals surface area (Å²) in [6.45, 7) is 4.93. The fourth-order valence-electron chi connectivity index (χ4n) is 1.50. The maximum atomic E-state index is 11.6. The maximum Gasteiger partial charge on any atom is 0.352 e. The summed E-state index contributed by atoms with van der Waals surface area (Å²) in [6.07, 6.45) is 0. The van der Waals surface area contributed by atoms with Gasteiger partial charge >= 0.3 is 8.25 Å². The van der Waals surface area contributed by atoms with E-state index in [1.54, 1.807) is 10.1 Å². The first kappa shape index (κ1) is 12.4. The highest BCUT2D eigenvalue weighted by Crippen LogP contribution is 2.27. The normalized spacial score (nSPS) is 25.1. The molecule has 0 atom stereocenters. The molecule has 0 aromatic heterocycles. The molecule has 0 saturated carbocycles. The molecule has 0 unspecified atom stereocenters. The van der Waals surface area contributed by atoms with Crippen molar-refractivity contribution in [3.8, 4) is 0 Å². The zero-order valence-electron chi connectivity index (χ0n) is 9.09. The lowest BCUT2D eigenvalue weighted by atomic mass is 10.5. The van der Waals surface area contributed by atoms with Crippen LogP contribution in [0.2, 0.25) is 0 Å². The molecule has 2 aliphatic rings. The number of hydrogen-bond donors (Lipinski definition) is 0. The lowest BCUT2D eigenvalue weighted by molar-refractivity contribution is -0.159. The van der Waals surface area contributed by atoms with Crippen molar-refractivity contribution >= 4 is 8.25 Å².